The molecule has 0 bridgehead atoms. The first kappa shape index (κ1) is 23.7. The summed E-state index contributed by atoms with van der Waals surface area (Å²) >= 11 is 0. The molecule has 1 aliphatic heterocycles. The van der Waals surface area contributed by atoms with Crippen LogP contribution < -0.4 is 5.46 Å². The first-order chi connectivity index (χ1) is 17.8. The van der Waals surface area contributed by atoms with Crippen molar-refractivity contribution < 1.29 is 9.31 Å². The largest absolute Gasteiger partial charge is 0.494 e. The first-order valence-electron chi connectivity index (χ1n) is 13.0. The van der Waals surface area contributed by atoms with Crippen molar-refractivity contribution in [3.05, 3.63) is 115 Å². The highest BCUT2D eigenvalue weighted by atomic mass is 16.7. The Hall–Kier alpha value is -3.66. The minimum atomic E-state index is -0.360. The average molecular weight is 482 g/mol. The highest BCUT2D eigenvalue weighted by molar-refractivity contribution is 6.62. The van der Waals surface area contributed by atoms with Gasteiger partial charge in [-0.15, -0.1) is 0 Å². The molecule has 5 aromatic carbocycles. The standard InChI is InChI=1S/C34H31BO2/c1-33(2)34(3,4)37-35(36-33)30-19-17-26-21-29(16-15-27(26)22-30)32-23-28(24-11-7-5-8-12-24)18-20-31(32)25-13-9-6-10-14-25/h5-23H,1-4H3. The fourth-order valence-electron chi connectivity index (χ4n) is 5.02. The number of hydrogen-bond donors (Lipinski definition) is 0. The molecule has 0 radical (unpaired) electrons. The van der Waals surface area contributed by atoms with Crippen LogP contribution in [0.4, 0.5) is 0 Å². The van der Waals surface area contributed by atoms with Crippen LogP contribution >= 0.6 is 0 Å². The summed E-state index contributed by atoms with van der Waals surface area (Å²) < 4.78 is 12.6. The Labute approximate surface area is 220 Å². The van der Waals surface area contributed by atoms with E-state index in [4.69, 9.17) is 9.31 Å². The second kappa shape index (κ2) is 9.02. The van der Waals surface area contributed by atoms with Crippen LogP contribution in [0.25, 0.3) is 44.2 Å². The van der Waals surface area contributed by atoms with E-state index in [1.807, 2.05) is 0 Å². The summed E-state index contributed by atoms with van der Waals surface area (Å²) in [5, 5.41) is 2.37. The summed E-state index contributed by atoms with van der Waals surface area (Å²) in [5.41, 5.74) is 7.65. The molecule has 3 heteroatoms. The zero-order valence-electron chi connectivity index (χ0n) is 21.9. The molecule has 37 heavy (non-hydrogen) atoms. The summed E-state index contributed by atoms with van der Waals surface area (Å²) in [6.07, 6.45) is 0. The molecule has 2 nitrogen and oxygen atoms in total. The van der Waals surface area contributed by atoms with Crippen LogP contribution in [0, 0.1) is 0 Å². The van der Waals surface area contributed by atoms with Crippen LogP contribution in [0.15, 0.2) is 115 Å². The number of benzene rings is 5. The topological polar surface area (TPSA) is 18.5 Å². The number of rotatable bonds is 4. The van der Waals surface area contributed by atoms with Crippen molar-refractivity contribution in [2.45, 2.75) is 38.9 Å². The first-order valence-corrected chi connectivity index (χ1v) is 13.0. The van der Waals surface area contributed by atoms with Gasteiger partial charge in [-0.25, -0.2) is 0 Å². The smallest absolute Gasteiger partial charge is 0.399 e. The lowest BCUT2D eigenvalue weighted by atomic mass is 9.78. The van der Waals surface area contributed by atoms with Gasteiger partial charge in [0.15, 0.2) is 0 Å². The maximum atomic E-state index is 6.29. The molecule has 1 heterocycles. The number of fused-ring (bicyclic) bond motifs is 1. The highest BCUT2D eigenvalue weighted by Crippen LogP contribution is 2.38. The molecule has 0 amide bonds. The Morgan fingerprint density at radius 2 is 1.03 bits per heavy atom. The molecule has 0 spiro atoms. The molecule has 5 aromatic rings. The van der Waals surface area contributed by atoms with E-state index >= 15 is 0 Å². The van der Waals surface area contributed by atoms with E-state index in [9.17, 15) is 0 Å². The lowest BCUT2D eigenvalue weighted by Crippen LogP contribution is -2.41. The van der Waals surface area contributed by atoms with Gasteiger partial charge in [-0.05, 0) is 89.4 Å². The molecule has 0 atom stereocenters. The predicted molar refractivity (Wildman–Crippen MR) is 156 cm³/mol. The van der Waals surface area contributed by atoms with Gasteiger partial charge < -0.3 is 9.31 Å². The Bertz CT molecular complexity index is 1560. The zero-order valence-corrected chi connectivity index (χ0v) is 21.9. The second-order valence-corrected chi connectivity index (χ2v) is 10.9. The van der Waals surface area contributed by atoms with E-state index in [1.165, 1.54) is 44.2 Å². The summed E-state index contributed by atoms with van der Waals surface area (Å²) in [7, 11) is -0.360. The summed E-state index contributed by atoms with van der Waals surface area (Å²) in [6.45, 7) is 8.37. The van der Waals surface area contributed by atoms with Crippen molar-refractivity contribution in [1.82, 2.24) is 0 Å². The molecular weight excluding hydrogens is 451 g/mol. The minimum absolute atomic E-state index is 0.353. The van der Waals surface area contributed by atoms with Crippen molar-refractivity contribution in [2.24, 2.45) is 0 Å². The van der Waals surface area contributed by atoms with Gasteiger partial charge in [-0.2, -0.15) is 0 Å². The molecule has 0 N–H and O–H groups in total. The summed E-state index contributed by atoms with van der Waals surface area (Å²) in [5.74, 6) is 0. The summed E-state index contributed by atoms with van der Waals surface area (Å²) in [6, 6.07) is 41.2. The van der Waals surface area contributed by atoms with Gasteiger partial charge in [0.05, 0.1) is 11.2 Å². The van der Waals surface area contributed by atoms with Crippen LogP contribution in [0.1, 0.15) is 27.7 Å². The van der Waals surface area contributed by atoms with E-state index < -0.39 is 0 Å². The van der Waals surface area contributed by atoms with E-state index in [0.29, 0.717) is 0 Å². The molecule has 0 aromatic heterocycles. The van der Waals surface area contributed by atoms with Gasteiger partial charge in [-0.3, -0.25) is 0 Å². The van der Waals surface area contributed by atoms with Crippen molar-refractivity contribution in [1.29, 1.82) is 0 Å². The highest BCUT2D eigenvalue weighted by Gasteiger charge is 2.51. The molecule has 182 valence electrons. The molecule has 1 aliphatic rings. The Morgan fingerprint density at radius 1 is 0.459 bits per heavy atom. The van der Waals surface area contributed by atoms with Crippen molar-refractivity contribution in [3.8, 4) is 33.4 Å². The molecule has 0 aliphatic carbocycles. The lowest BCUT2D eigenvalue weighted by Gasteiger charge is -2.32. The minimum Gasteiger partial charge on any atom is -0.399 e. The van der Waals surface area contributed by atoms with E-state index in [2.05, 4.69) is 143 Å². The monoisotopic (exact) mass is 482 g/mol. The fraction of sp³-hybridized carbons (Fsp3) is 0.176. The van der Waals surface area contributed by atoms with Crippen LogP contribution in [0.5, 0.6) is 0 Å². The molecule has 0 saturated carbocycles. The van der Waals surface area contributed by atoms with Gasteiger partial charge in [0.2, 0.25) is 0 Å². The van der Waals surface area contributed by atoms with Gasteiger partial charge >= 0.3 is 7.12 Å². The molecule has 1 fully saturated rings. The fourth-order valence-corrected chi connectivity index (χ4v) is 5.02. The Balaban J connectivity index is 1.42. The SMILES string of the molecule is CC1(C)OB(c2ccc3cc(-c4cc(-c5ccccc5)ccc4-c4ccccc4)ccc3c2)OC1(C)C. The van der Waals surface area contributed by atoms with E-state index in [0.717, 1.165) is 5.46 Å². The van der Waals surface area contributed by atoms with E-state index in [-0.39, 0.29) is 18.3 Å². The van der Waals surface area contributed by atoms with Gasteiger partial charge in [0.1, 0.15) is 0 Å². The zero-order chi connectivity index (χ0) is 25.6. The maximum Gasteiger partial charge on any atom is 0.494 e. The van der Waals surface area contributed by atoms with Crippen molar-refractivity contribution >= 4 is 23.4 Å². The normalized spacial score (nSPS) is 16.3. The van der Waals surface area contributed by atoms with Crippen molar-refractivity contribution in [3.63, 3.8) is 0 Å². The second-order valence-electron chi connectivity index (χ2n) is 10.9. The van der Waals surface area contributed by atoms with Crippen LogP contribution in [0.2, 0.25) is 0 Å². The third-order valence-corrected chi connectivity index (χ3v) is 7.91. The van der Waals surface area contributed by atoms with Crippen molar-refractivity contribution in [2.75, 3.05) is 0 Å². The average Bonchev–Trinajstić information content (AvgIpc) is 3.15. The van der Waals surface area contributed by atoms with Gasteiger partial charge in [0, 0.05) is 0 Å². The van der Waals surface area contributed by atoms with Gasteiger partial charge in [0.25, 0.3) is 0 Å². The van der Waals surface area contributed by atoms with Crippen LogP contribution in [-0.2, 0) is 9.31 Å². The molecule has 0 unspecified atom stereocenters. The van der Waals surface area contributed by atoms with Crippen LogP contribution in [0.3, 0.4) is 0 Å². The third kappa shape index (κ3) is 4.39. The Kier molecular flexibility index (Phi) is 5.79. The van der Waals surface area contributed by atoms with Gasteiger partial charge in [-0.1, -0.05) is 103 Å². The molecular formula is C34H31BO2. The maximum absolute atomic E-state index is 6.29. The Morgan fingerprint density at radius 3 is 1.70 bits per heavy atom. The lowest BCUT2D eigenvalue weighted by molar-refractivity contribution is 0.00578. The third-order valence-electron chi connectivity index (χ3n) is 7.91. The quantitative estimate of drug-likeness (QED) is 0.241. The predicted octanol–water partition coefficient (Wildman–Crippen LogP) is 8.14. The molecule has 1 saturated heterocycles. The number of hydrogen-bond acceptors (Lipinski definition) is 2. The van der Waals surface area contributed by atoms with Crippen LogP contribution in [-0.4, -0.2) is 18.3 Å². The van der Waals surface area contributed by atoms with E-state index in [1.54, 1.807) is 0 Å². The molecule has 6 rings (SSSR count). The summed E-state index contributed by atoms with van der Waals surface area (Å²) in [4.78, 5) is 0.